The van der Waals surface area contributed by atoms with Crippen LogP contribution in [0.25, 0.3) is 0 Å². The Hall–Kier alpha value is -0.570. The molecule has 1 rings (SSSR count). The number of nitrogens with two attached hydrogens (primary N) is 1. The molecular weight excluding hydrogens is 180 g/mol. The van der Waals surface area contributed by atoms with Crippen molar-refractivity contribution in [3.05, 3.63) is 22.3 Å². The molecule has 0 saturated heterocycles. The summed E-state index contributed by atoms with van der Waals surface area (Å²) in [5, 5.41) is 0. The lowest BCUT2D eigenvalue weighted by Gasteiger charge is -1.90. The average Bonchev–Trinajstić information content (AvgIpc) is 1.80. The SMILES string of the molecule is Cc1c[nH+]c(N)c(Br)c1. The molecule has 3 N–H and O–H groups in total. The van der Waals surface area contributed by atoms with Crippen LogP contribution in [0.4, 0.5) is 5.82 Å². The molecule has 1 aromatic heterocycles. The zero-order valence-corrected chi connectivity index (χ0v) is 6.70. The maximum atomic E-state index is 5.49. The molecule has 0 saturated carbocycles. The molecule has 0 atom stereocenters. The number of pyridine rings is 1. The van der Waals surface area contributed by atoms with Crippen LogP contribution in [-0.4, -0.2) is 0 Å². The lowest BCUT2D eigenvalue weighted by Crippen LogP contribution is -2.10. The quantitative estimate of drug-likeness (QED) is 0.651. The number of hydrogen-bond donors (Lipinski definition) is 1. The summed E-state index contributed by atoms with van der Waals surface area (Å²) in [5.41, 5.74) is 6.65. The summed E-state index contributed by atoms with van der Waals surface area (Å²) in [4.78, 5) is 2.90. The Kier molecular flexibility index (Phi) is 1.71. The van der Waals surface area contributed by atoms with Crippen LogP contribution in [0.2, 0.25) is 0 Å². The van der Waals surface area contributed by atoms with E-state index in [9.17, 15) is 0 Å². The molecule has 9 heavy (non-hydrogen) atoms. The summed E-state index contributed by atoms with van der Waals surface area (Å²) in [7, 11) is 0. The number of hydrogen-bond acceptors (Lipinski definition) is 1. The fourth-order valence-electron chi connectivity index (χ4n) is 0.580. The Morgan fingerprint density at radius 2 is 2.33 bits per heavy atom. The van der Waals surface area contributed by atoms with Crippen molar-refractivity contribution in [3.63, 3.8) is 0 Å². The standard InChI is InChI=1S/C6H7BrN2/c1-4-2-5(7)6(8)9-3-4/h2-3H,1H3,(H2,8,9)/p+1. The topological polar surface area (TPSA) is 40.2 Å². The van der Waals surface area contributed by atoms with Gasteiger partial charge in [-0.3, -0.25) is 5.73 Å². The van der Waals surface area contributed by atoms with Gasteiger partial charge < -0.3 is 0 Å². The number of nitrogen functional groups attached to an aromatic ring is 1. The first-order chi connectivity index (χ1) is 4.20. The molecule has 1 heterocycles. The third-order valence-electron chi connectivity index (χ3n) is 1.07. The van der Waals surface area contributed by atoms with Gasteiger partial charge in [-0.25, -0.2) is 4.98 Å². The smallest absolute Gasteiger partial charge is 0.284 e. The Bertz CT molecular complexity index is 222. The van der Waals surface area contributed by atoms with Crippen LogP contribution in [0.5, 0.6) is 0 Å². The molecule has 0 unspecified atom stereocenters. The average molecular weight is 188 g/mol. The molecule has 0 spiro atoms. The summed E-state index contributed by atoms with van der Waals surface area (Å²) >= 11 is 3.29. The van der Waals surface area contributed by atoms with Gasteiger partial charge in [0.05, 0.1) is 6.20 Å². The van der Waals surface area contributed by atoms with Crippen molar-refractivity contribution in [1.29, 1.82) is 0 Å². The van der Waals surface area contributed by atoms with Crippen LogP contribution in [0, 0.1) is 6.92 Å². The fraction of sp³-hybridized carbons (Fsp3) is 0.167. The van der Waals surface area contributed by atoms with Crippen molar-refractivity contribution in [1.82, 2.24) is 0 Å². The van der Waals surface area contributed by atoms with Crippen LogP contribution >= 0.6 is 15.9 Å². The normalized spacial score (nSPS) is 9.56. The minimum atomic E-state index is 0.667. The molecule has 0 amide bonds. The number of aromatic nitrogens is 1. The lowest BCUT2D eigenvalue weighted by atomic mass is 10.3. The molecule has 0 aliphatic heterocycles. The first kappa shape index (κ1) is 6.55. The minimum absolute atomic E-state index is 0.667. The van der Waals surface area contributed by atoms with Gasteiger partial charge in [-0.05, 0) is 34.5 Å². The third kappa shape index (κ3) is 1.42. The van der Waals surface area contributed by atoms with Crippen LogP contribution in [0.1, 0.15) is 5.56 Å². The van der Waals surface area contributed by atoms with Crippen LogP contribution < -0.4 is 10.7 Å². The third-order valence-corrected chi connectivity index (χ3v) is 1.72. The molecular formula is C6H8BrN2+. The van der Waals surface area contributed by atoms with Crippen LogP contribution in [0.15, 0.2) is 16.7 Å². The maximum Gasteiger partial charge on any atom is 0.284 e. The van der Waals surface area contributed by atoms with Crippen molar-refractivity contribution in [3.8, 4) is 0 Å². The van der Waals surface area contributed by atoms with Gasteiger partial charge in [0.25, 0.3) is 5.82 Å². The highest BCUT2D eigenvalue weighted by atomic mass is 79.9. The summed E-state index contributed by atoms with van der Waals surface area (Å²) in [6.07, 6.45) is 1.86. The number of rotatable bonds is 0. The lowest BCUT2D eigenvalue weighted by molar-refractivity contribution is -0.361. The van der Waals surface area contributed by atoms with Gasteiger partial charge in [0.1, 0.15) is 4.47 Å². The van der Waals surface area contributed by atoms with Gasteiger partial charge in [-0.15, -0.1) is 0 Å². The van der Waals surface area contributed by atoms with Gasteiger partial charge in [0, 0.05) is 0 Å². The van der Waals surface area contributed by atoms with Crippen LogP contribution in [0.3, 0.4) is 0 Å². The van der Waals surface area contributed by atoms with E-state index in [-0.39, 0.29) is 0 Å². The summed E-state index contributed by atoms with van der Waals surface area (Å²) in [6.45, 7) is 2.00. The molecule has 48 valence electrons. The Morgan fingerprint density at radius 3 is 2.78 bits per heavy atom. The van der Waals surface area contributed by atoms with E-state index in [1.165, 1.54) is 0 Å². The van der Waals surface area contributed by atoms with E-state index >= 15 is 0 Å². The highest BCUT2D eigenvalue weighted by Crippen LogP contribution is 2.13. The second-order valence-corrected chi connectivity index (χ2v) is 2.79. The Balaban J connectivity index is 3.17. The van der Waals surface area contributed by atoms with Crippen molar-refractivity contribution < 1.29 is 4.98 Å². The van der Waals surface area contributed by atoms with Crippen molar-refractivity contribution >= 4 is 21.7 Å². The van der Waals surface area contributed by atoms with E-state index in [1.54, 1.807) is 0 Å². The molecule has 0 aliphatic rings. The number of nitrogens with one attached hydrogen (secondary N) is 1. The first-order valence-corrected chi connectivity index (χ1v) is 3.43. The first-order valence-electron chi connectivity index (χ1n) is 2.63. The molecule has 0 aliphatic carbocycles. The van der Waals surface area contributed by atoms with E-state index in [4.69, 9.17) is 5.73 Å². The molecule has 0 fully saturated rings. The van der Waals surface area contributed by atoms with Crippen molar-refractivity contribution in [2.45, 2.75) is 6.92 Å². The second kappa shape index (κ2) is 2.35. The van der Waals surface area contributed by atoms with E-state index in [0.29, 0.717) is 5.82 Å². The van der Waals surface area contributed by atoms with Crippen LogP contribution in [-0.2, 0) is 0 Å². The molecule has 0 radical (unpaired) electrons. The number of aromatic amines is 1. The Morgan fingerprint density at radius 1 is 1.67 bits per heavy atom. The summed E-state index contributed by atoms with van der Waals surface area (Å²) < 4.78 is 0.919. The highest BCUT2D eigenvalue weighted by molar-refractivity contribution is 9.10. The number of anilines is 1. The summed E-state index contributed by atoms with van der Waals surface area (Å²) in [6, 6.07) is 1.96. The van der Waals surface area contributed by atoms with Gasteiger partial charge in [0.2, 0.25) is 0 Å². The van der Waals surface area contributed by atoms with Gasteiger partial charge >= 0.3 is 0 Å². The van der Waals surface area contributed by atoms with Crippen molar-refractivity contribution in [2.75, 3.05) is 5.73 Å². The van der Waals surface area contributed by atoms with E-state index in [2.05, 4.69) is 20.9 Å². The number of halogens is 1. The predicted octanol–water partition coefficient (Wildman–Crippen LogP) is 1.15. The van der Waals surface area contributed by atoms with E-state index in [1.807, 2.05) is 19.2 Å². The predicted molar refractivity (Wildman–Crippen MR) is 39.8 cm³/mol. The van der Waals surface area contributed by atoms with Gasteiger partial charge in [-0.1, -0.05) is 0 Å². The second-order valence-electron chi connectivity index (χ2n) is 1.94. The maximum absolute atomic E-state index is 5.49. The minimum Gasteiger partial charge on any atom is -0.286 e. The van der Waals surface area contributed by atoms with E-state index in [0.717, 1.165) is 10.0 Å². The summed E-state index contributed by atoms with van der Waals surface area (Å²) in [5.74, 6) is 0.667. The zero-order chi connectivity index (χ0) is 6.85. The zero-order valence-electron chi connectivity index (χ0n) is 5.11. The highest BCUT2D eigenvalue weighted by Gasteiger charge is 1.99. The number of H-pyrrole nitrogens is 1. The largest absolute Gasteiger partial charge is 0.286 e. The van der Waals surface area contributed by atoms with Gasteiger partial charge in [0.15, 0.2) is 0 Å². The van der Waals surface area contributed by atoms with Crippen molar-refractivity contribution in [2.24, 2.45) is 0 Å². The van der Waals surface area contributed by atoms with E-state index < -0.39 is 0 Å². The molecule has 3 heteroatoms. The van der Waals surface area contributed by atoms with Gasteiger partial charge in [-0.2, -0.15) is 0 Å². The molecule has 2 nitrogen and oxygen atoms in total. The molecule has 0 aromatic carbocycles. The fourth-order valence-corrected chi connectivity index (χ4v) is 1.06. The molecule has 1 aromatic rings. The molecule has 0 bridgehead atoms. The Labute approximate surface area is 62.2 Å². The number of aryl methyl sites for hydroxylation is 1. The monoisotopic (exact) mass is 187 g/mol.